The zero-order chi connectivity index (χ0) is 11.3. The van der Waals surface area contributed by atoms with Gasteiger partial charge in [-0.1, -0.05) is 12.5 Å². The van der Waals surface area contributed by atoms with E-state index in [0.29, 0.717) is 12.1 Å². The van der Waals surface area contributed by atoms with E-state index < -0.39 is 5.82 Å². The molecular formula is C11H18ClFN2O. The lowest BCUT2D eigenvalue weighted by Crippen LogP contribution is -2.11. The second-order valence-electron chi connectivity index (χ2n) is 3.60. The second kappa shape index (κ2) is 7.44. The lowest BCUT2D eigenvalue weighted by molar-refractivity contribution is 0.431. The number of benzene rings is 1. The van der Waals surface area contributed by atoms with Gasteiger partial charge in [0.1, 0.15) is 0 Å². The van der Waals surface area contributed by atoms with Crippen LogP contribution in [-0.4, -0.2) is 11.7 Å². The molecule has 0 bridgehead atoms. The Morgan fingerprint density at radius 2 is 2.00 bits per heavy atom. The molecule has 0 saturated heterocycles. The number of hydrogen-bond donors (Lipinski definition) is 3. The number of phenols is 1. The van der Waals surface area contributed by atoms with E-state index in [1.54, 1.807) is 6.07 Å². The van der Waals surface area contributed by atoms with E-state index in [1.807, 2.05) is 0 Å². The summed E-state index contributed by atoms with van der Waals surface area (Å²) in [4.78, 5) is 0. The first kappa shape index (κ1) is 15.2. The number of rotatable bonds is 5. The third kappa shape index (κ3) is 4.35. The van der Waals surface area contributed by atoms with Crippen LogP contribution in [-0.2, 0) is 0 Å². The first-order valence-electron chi connectivity index (χ1n) is 5.09. The van der Waals surface area contributed by atoms with Crippen LogP contribution in [0.2, 0.25) is 0 Å². The maximum atomic E-state index is 13.0. The predicted molar refractivity (Wildman–Crippen MR) is 65.1 cm³/mol. The topological polar surface area (TPSA) is 72.3 Å². The summed E-state index contributed by atoms with van der Waals surface area (Å²) in [6.45, 7) is 0.649. The molecule has 0 unspecified atom stereocenters. The van der Waals surface area contributed by atoms with Crippen LogP contribution >= 0.6 is 12.4 Å². The van der Waals surface area contributed by atoms with Crippen LogP contribution in [0.3, 0.4) is 0 Å². The van der Waals surface area contributed by atoms with E-state index in [-0.39, 0.29) is 24.2 Å². The second-order valence-corrected chi connectivity index (χ2v) is 3.60. The van der Waals surface area contributed by atoms with Crippen LogP contribution < -0.4 is 11.5 Å². The molecule has 1 aromatic carbocycles. The standard InChI is InChI=1S/C11H17FN2O.ClH/c12-9-7-8(4-5-11(9)15)10(14)3-1-2-6-13;/h4-5,7,10,15H,1-3,6,13-14H2;1H/t10-;/m1./s1. The number of halogens is 2. The molecule has 0 saturated carbocycles. The number of hydrogen-bond acceptors (Lipinski definition) is 3. The number of phenolic OH excluding ortho intramolecular Hbond substituents is 1. The molecule has 5 N–H and O–H groups in total. The molecule has 92 valence electrons. The summed E-state index contributed by atoms with van der Waals surface area (Å²) >= 11 is 0. The lowest BCUT2D eigenvalue weighted by atomic mass is 10.0. The van der Waals surface area contributed by atoms with Crippen molar-refractivity contribution in [3.63, 3.8) is 0 Å². The Kier molecular flexibility index (Phi) is 7.05. The minimum absolute atomic E-state index is 0. The Morgan fingerprint density at radius 3 is 2.56 bits per heavy atom. The van der Waals surface area contributed by atoms with Crippen molar-refractivity contribution in [2.45, 2.75) is 25.3 Å². The van der Waals surface area contributed by atoms with Crippen LogP contribution in [0.4, 0.5) is 4.39 Å². The van der Waals surface area contributed by atoms with Crippen molar-refractivity contribution in [3.8, 4) is 5.75 Å². The van der Waals surface area contributed by atoms with Gasteiger partial charge in [-0.3, -0.25) is 0 Å². The third-order valence-electron chi connectivity index (χ3n) is 2.37. The fourth-order valence-corrected chi connectivity index (χ4v) is 1.43. The fraction of sp³-hybridized carbons (Fsp3) is 0.455. The zero-order valence-electron chi connectivity index (χ0n) is 9.03. The van der Waals surface area contributed by atoms with Crippen LogP contribution in [0.25, 0.3) is 0 Å². The summed E-state index contributed by atoms with van der Waals surface area (Å²) in [5.41, 5.74) is 11.9. The molecule has 5 heteroatoms. The van der Waals surface area contributed by atoms with Gasteiger partial charge in [0.25, 0.3) is 0 Å². The van der Waals surface area contributed by atoms with Crippen molar-refractivity contribution < 1.29 is 9.50 Å². The molecule has 0 fully saturated rings. The molecule has 0 spiro atoms. The van der Waals surface area contributed by atoms with Crippen molar-refractivity contribution in [2.24, 2.45) is 11.5 Å². The van der Waals surface area contributed by atoms with E-state index in [4.69, 9.17) is 16.6 Å². The maximum Gasteiger partial charge on any atom is 0.165 e. The van der Waals surface area contributed by atoms with Gasteiger partial charge >= 0.3 is 0 Å². The predicted octanol–water partition coefficient (Wildman–Crippen LogP) is 2.08. The molecule has 0 aliphatic heterocycles. The van der Waals surface area contributed by atoms with Gasteiger partial charge in [-0.25, -0.2) is 4.39 Å². The van der Waals surface area contributed by atoms with Gasteiger partial charge in [0.15, 0.2) is 11.6 Å². The molecule has 0 amide bonds. The molecule has 1 rings (SSSR count). The number of nitrogens with two attached hydrogens (primary N) is 2. The van der Waals surface area contributed by atoms with Gasteiger partial charge in [-0.2, -0.15) is 0 Å². The zero-order valence-corrected chi connectivity index (χ0v) is 9.84. The van der Waals surface area contributed by atoms with Gasteiger partial charge in [0, 0.05) is 6.04 Å². The highest BCUT2D eigenvalue weighted by atomic mass is 35.5. The summed E-state index contributed by atoms with van der Waals surface area (Å²) in [5, 5.41) is 9.01. The minimum atomic E-state index is -0.623. The largest absolute Gasteiger partial charge is 0.505 e. The monoisotopic (exact) mass is 248 g/mol. The molecule has 0 aromatic heterocycles. The summed E-state index contributed by atoms with van der Waals surface area (Å²) in [5.74, 6) is -0.963. The Balaban J connectivity index is 0.00000225. The molecular weight excluding hydrogens is 231 g/mol. The average Bonchev–Trinajstić information content (AvgIpc) is 2.22. The van der Waals surface area contributed by atoms with Gasteiger partial charge < -0.3 is 16.6 Å². The SMILES string of the molecule is Cl.NCCCC[C@@H](N)c1ccc(O)c(F)c1. The molecule has 0 aliphatic carbocycles. The van der Waals surface area contributed by atoms with Crippen LogP contribution in [0.1, 0.15) is 30.9 Å². The van der Waals surface area contributed by atoms with Crippen molar-refractivity contribution in [2.75, 3.05) is 6.54 Å². The molecule has 16 heavy (non-hydrogen) atoms. The first-order valence-corrected chi connectivity index (χ1v) is 5.09. The van der Waals surface area contributed by atoms with E-state index in [2.05, 4.69) is 0 Å². The van der Waals surface area contributed by atoms with Crippen molar-refractivity contribution >= 4 is 12.4 Å². The van der Waals surface area contributed by atoms with Crippen LogP contribution in [0.5, 0.6) is 5.75 Å². The molecule has 1 aromatic rings. The van der Waals surface area contributed by atoms with Crippen LogP contribution in [0, 0.1) is 5.82 Å². The van der Waals surface area contributed by atoms with Gasteiger partial charge in [0.05, 0.1) is 0 Å². The van der Waals surface area contributed by atoms with Crippen molar-refractivity contribution in [1.29, 1.82) is 0 Å². The highest BCUT2D eigenvalue weighted by Crippen LogP contribution is 2.22. The highest BCUT2D eigenvalue weighted by molar-refractivity contribution is 5.85. The van der Waals surface area contributed by atoms with Crippen molar-refractivity contribution in [1.82, 2.24) is 0 Å². The van der Waals surface area contributed by atoms with Crippen molar-refractivity contribution in [3.05, 3.63) is 29.6 Å². The molecule has 1 atom stereocenters. The summed E-state index contributed by atoms with van der Waals surface area (Å²) in [7, 11) is 0. The Labute approximate surface area is 101 Å². The number of unbranched alkanes of at least 4 members (excludes halogenated alkanes) is 1. The summed E-state index contributed by atoms with van der Waals surface area (Å²) in [6.07, 6.45) is 2.63. The van der Waals surface area contributed by atoms with E-state index >= 15 is 0 Å². The maximum absolute atomic E-state index is 13.0. The quantitative estimate of drug-likeness (QED) is 0.699. The average molecular weight is 249 g/mol. The number of aromatic hydroxyl groups is 1. The highest BCUT2D eigenvalue weighted by Gasteiger charge is 2.08. The third-order valence-corrected chi connectivity index (χ3v) is 2.37. The van der Waals surface area contributed by atoms with Gasteiger partial charge in [-0.05, 0) is 37.1 Å². The summed E-state index contributed by atoms with van der Waals surface area (Å²) < 4.78 is 13.0. The molecule has 3 nitrogen and oxygen atoms in total. The Hall–Kier alpha value is -0.840. The molecule has 0 aliphatic rings. The molecule has 0 heterocycles. The Bertz CT molecular complexity index is 323. The normalized spacial score (nSPS) is 11.9. The van der Waals surface area contributed by atoms with Crippen LogP contribution in [0.15, 0.2) is 18.2 Å². The first-order chi connectivity index (χ1) is 7.15. The minimum Gasteiger partial charge on any atom is -0.505 e. The smallest absolute Gasteiger partial charge is 0.165 e. The van der Waals surface area contributed by atoms with E-state index in [9.17, 15) is 4.39 Å². The van der Waals surface area contributed by atoms with Gasteiger partial charge in [-0.15, -0.1) is 12.4 Å². The fourth-order valence-electron chi connectivity index (χ4n) is 1.43. The lowest BCUT2D eigenvalue weighted by Gasteiger charge is -2.11. The van der Waals surface area contributed by atoms with E-state index in [0.717, 1.165) is 19.3 Å². The van der Waals surface area contributed by atoms with E-state index in [1.165, 1.54) is 12.1 Å². The Morgan fingerprint density at radius 1 is 1.31 bits per heavy atom. The molecule has 0 radical (unpaired) electrons. The summed E-state index contributed by atoms with van der Waals surface area (Å²) in [6, 6.07) is 4.06. The van der Waals surface area contributed by atoms with Gasteiger partial charge in [0.2, 0.25) is 0 Å².